The van der Waals surface area contributed by atoms with Crippen LogP contribution in [0.2, 0.25) is 0 Å². The van der Waals surface area contributed by atoms with Crippen molar-refractivity contribution in [2.45, 2.75) is 32.4 Å². The van der Waals surface area contributed by atoms with E-state index in [1.54, 1.807) is 39.5 Å². The highest BCUT2D eigenvalue weighted by Crippen LogP contribution is 2.40. The largest absolute Gasteiger partial charge is 0.493 e. The molecule has 0 radical (unpaired) electrons. The summed E-state index contributed by atoms with van der Waals surface area (Å²) >= 11 is 0. The van der Waals surface area contributed by atoms with E-state index in [0.717, 1.165) is 23.9 Å². The van der Waals surface area contributed by atoms with Crippen LogP contribution in [0, 0.1) is 0 Å². The highest BCUT2D eigenvalue weighted by Gasteiger charge is 2.30. The van der Waals surface area contributed by atoms with Gasteiger partial charge in [0.2, 0.25) is 5.75 Å². The summed E-state index contributed by atoms with van der Waals surface area (Å²) in [5.41, 5.74) is -0.346. The number of fused-ring (bicyclic) bond motifs is 1. The molecule has 1 heterocycles. The molecule has 0 saturated carbocycles. The lowest BCUT2D eigenvalue weighted by Gasteiger charge is -2.22. The average Bonchev–Trinajstić information content (AvgIpc) is 3.19. The van der Waals surface area contributed by atoms with Crippen molar-refractivity contribution in [2.24, 2.45) is 0 Å². The molecule has 8 nitrogen and oxygen atoms in total. The van der Waals surface area contributed by atoms with Crippen molar-refractivity contribution < 1.29 is 33.6 Å². The number of aliphatic carboxylic acids is 1. The maximum atomic E-state index is 11.4. The summed E-state index contributed by atoms with van der Waals surface area (Å²) in [6, 6.07) is 11.1. The van der Waals surface area contributed by atoms with E-state index >= 15 is 0 Å². The zero-order valence-corrected chi connectivity index (χ0v) is 19.0. The zero-order chi connectivity index (χ0) is 23.3. The van der Waals surface area contributed by atoms with Crippen molar-refractivity contribution in [1.29, 1.82) is 0 Å². The van der Waals surface area contributed by atoms with Gasteiger partial charge in [-0.1, -0.05) is 6.07 Å². The van der Waals surface area contributed by atoms with E-state index in [1.165, 1.54) is 13.8 Å². The molecule has 0 atom stereocenters. The Labute approximate surface area is 187 Å². The van der Waals surface area contributed by atoms with Gasteiger partial charge in [0, 0.05) is 30.3 Å². The number of carboxylic acid groups (broad SMARTS) is 1. The third kappa shape index (κ3) is 4.85. The minimum absolute atomic E-state index is 0.487. The molecular weight excluding hydrogens is 414 g/mol. The van der Waals surface area contributed by atoms with Gasteiger partial charge in [-0.3, -0.25) is 0 Å². The Morgan fingerprint density at radius 1 is 1.00 bits per heavy atom. The topological polar surface area (TPSA) is 88.4 Å². The first-order valence-corrected chi connectivity index (χ1v) is 10.2. The van der Waals surface area contributed by atoms with Crippen LogP contribution >= 0.6 is 0 Å². The van der Waals surface area contributed by atoms with Crippen molar-refractivity contribution in [1.82, 2.24) is 4.57 Å². The standard InChI is InChI=1S/C24H29NO7/c1-24(2,23(26)27)32-19-9-6-8-18-17(19)10-12-25(18)11-7-13-31-16-14-20(28-3)22(30-5)21(15-16)29-4/h6,8-10,12,14-15H,7,11,13H2,1-5H3,(H,26,27). The number of aromatic nitrogens is 1. The number of benzene rings is 2. The predicted octanol–water partition coefficient (Wildman–Crippen LogP) is 4.38. The molecule has 32 heavy (non-hydrogen) atoms. The summed E-state index contributed by atoms with van der Waals surface area (Å²) in [7, 11) is 4.68. The maximum absolute atomic E-state index is 11.4. The fourth-order valence-electron chi connectivity index (χ4n) is 3.36. The molecule has 3 rings (SSSR count). The first-order valence-electron chi connectivity index (χ1n) is 10.2. The number of carboxylic acids is 1. The van der Waals surface area contributed by atoms with Gasteiger partial charge < -0.3 is 33.4 Å². The van der Waals surface area contributed by atoms with Crippen LogP contribution in [0.5, 0.6) is 28.7 Å². The Hall–Kier alpha value is -3.55. The summed E-state index contributed by atoms with van der Waals surface area (Å²) in [5.74, 6) is 1.75. The second kappa shape index (κ2) is 9.72. The van der Waals surface area contributed by atoms with Gasteiger partial charge in [0.15, 0.2) is 17.1 Å². The van der Waals surface area contributed by atoms with E-state index in [2.05, 4.69) is 4.57 Å². The molecule has 1 aromatic heterocycles. The monoisotopic (exact) mass is 443 g/mol. The Bertz CT molecular complexity index is 1060. The Kier molecular flexibility index (Phi) is 7.02. The molecular formula is C24H29NO7. The Morgan fingerprint density at radius 3 is 2.28 bits per heavy atom. The van der Waals surface area contributed by atoms with Crippen molar-refractivity contribution in [3.05, 3.63) is 42.6 Å². The molecule has 0 aliphatic rings. The summed E-state index contributed by atoms with van der Waals surface area (Å²) in [6.07, 6.45) is 2.72. The molecule has 0 unspecified atom stereocenters. The minimum atomic E-state index is -1.31. The molecule has 1 N–H and O–H groups in total. The lowest BCUT2D eigenvalue weighted by atomic mass is 10.1. The predicted molar refractivity (Wildman–Crippen MR) is 120 cm³/mol. The first-order chi connectivity index (χ1) is 15.3. The number of hydrogen-bond donors (Lipinski definition) is 1. The molecule has 0 aliphatic carbocycles. The molecule has 0 spiro atoms. The van der Waals surface area contributed by atoms with E-state index < -0.39 is 11.6 Å². The maximum Gasteiger partial charge on any atom is 0.347 e. The fraction of sp³-hybridized carbons (Fsp3) is 0.375. The molecule has 172 valence electrons. The number of rotatable bonds is 11. The Balaban J connectivity index is 1.67. The molecule has 3 aromatic rings. The third-order valence-corrected chi connectivity index (χ3v) is 5.10. The van der Waals surface area contributed by atoms with Gasteiger partial charge in [0.05, 0.1) is 33.5 Å². The lowest BCUT2D eigenvalue weighted by Crippen LogP contribution is -2.37. The van der Waals surface area contributed by atoms with Gasteiger partial charge in [0.25, 0.3) is 0 Å². The van der Waals surface area contributed by atoms with E-state index in [1.807, 2.05) is 24.4 Å². The summed E-state index contributed by atoms with van der Waals surface area (Å²) < 4.78 is 29.8. The van der Waals surface area contributed by atoms with Crippen LogP contribution in [0.3, 0.4) is 0 Å². The molecule has 2 aromatic carbocycles. The van der Waals surface area contributed by atoms with Crippen molar-refractivity contribution in [3.8, 4) is 28.7 Å². The lowest BCUT2D eigenvalue weighted by molar-refractivity contribution is -0.152. The van der Waals surface area contributed by atoms with Crippen molar-refractivity contribution >= 4 is 16.9 Å². The number of ether oxygens (including phenoxy) is 5. The molecule has 0 saturated heterocycles. The second-order valence-corrected chi connectivity index (χ2v) is 7.68. The quantitative estimate of drug-likeness (QED) is 0.440. The van der Waals surface area contributed by atoms with Gasteiger partial charge in [-0.15, -0.1) is 0 Å². The smallest absolute Gasteiger partial charge is 0.347 e. The number of hydrogen-bond acceptors (Lipinski definition) is 6. The zero-order valence-electron chi connectivity index (χ0n) is 19.0. The van der Waals surface area contributed by atoms with Crippen molar-refractivity contribution in [2.75, 3.05) is 27.9 Å². The van der Waals surface area contributed by atoms with Crippen LogP contribution in [0.1, 0.15) is 20.3 Å². The minimum Gasteiger partial charge on any atom is -0.493 e. The van der Waals surface area contributed by atoms with Gasteiger partial charge in [-0.05, 0) is 38.5 Å². The summed E-state index contributed by atoms with van der Waals surface area (Å²) in [5, 5.41) is 10.2. The third-order valence-electron chi connectivity index (χ3n) is 5.10. The number of aryl methyl sites for hydroxylation is 1. The van der Waals surface area contributed by atoms with Crippen LogP contribution in [0.4, 0.5) is 0 Å². The van der Waals surface area contributed by atoms with Crippen LogP contribution in [-0.2, 0) is 11.3 Å². The fourth-order valence-corrected chi connectivity index (χ4v) is 3.36. The first kappa shape index (κ1) is 23.1. The molecule has 0 bridgehead atoms. The van der Waals surface area contributed by atoms with Crippen molar-refractivity contribution in [3.63, 3.8) is 0 Å². The molecule has 8 heteroatoms. The number of methoxy groups -OCH3 is 3. The SMILES string of the molecule is COc1cc(OCCCn2ccc3c(OC(C)(C)C(=O)O)cccc32)cc(OC)c1OC. The van der Waals surface area contributed by atoms with Crippen LogP contribution < -0.4 is 23.7 Å². The van der Waals surface area contributed by atoms with Crippen LogP contribution in [-0.4, -0.2) is 49.2 Å². The van der Waals surface area contributed by atoms with Crippen LogP contribution in [0.25, 0.3) is 10.9 Å². The second-order valence-electron chi connectivity index (χ2n) is 7.68. The van der Waals surface area contributed by atoms with E-state index in [-0.39, 0.29) is 0 Å². The molecule has 0 fully saturated rings. The highest BCUT2D eigenvalue weighted by atomic mass is 16.5. The molecule has 0 amide bonds. The van der Waals surface area contributed by atoms with Gasteiger partial charge in [0.1, 0.15) is 11.5 Å². The van der Waals surface area contributed by atoms with Crippen LogP contribution in [0.15, 0.2) is 42.6 Å². The average molecular weight is 443 g/mol. The summed E-state index contributed by atoms with van der Waals surface area (Å²) in [6.45, 7) is 4.28. The van der Waals surface area contributed by atoms with Gasteiger partial charge in [-0.25, -0.2) is 4.79 Å². The van der Waals surface area contributed by atoms with E-state index in [0.29, 0.717) is 35.4 Å². The number of nitrogens with zero attached hydrogens (tertiary/aromatic N) is 1. The normalized spacial score (nSPS) is 11.3. The summed E-state index contributed by atoms with van der Waals surface area (Å²) in [4.78, 5) is 11.4. The van der Waals surface area contributed by atoms with E-state index in [9.17, 15) is 9.90 Å². The van der Waals surface area contributed by atoms with Gasteiger partial charge in [-0.2, -0.15) is 0 Å². The van der Waals surface area contributed by atoms with E-state index in [4.69, 9.17) is 23.7 Å². The van der Waals surface area contributed by atoms with Gasteiger partial charge >= 0.3 is 5.97 Å². The number of carbonyl (C=O) groups is 1. The Morgan fingerprint density at radius 2 is 1.69 bits per heavy atom. The molecule has 0 aliphatic heterocycles. The highest BCUT2D eigenvalue weighted by molar-refractivity contribution is 5.87.